The molecule has 0 spiro atoms. The predicted molar refractivity (Wildman–Crippen MR) is 61.7 cm³/mol. The van der Waals surface area contributed by atoms with Gasteiger partial charge in [-0.1, -0.05) is 6.92 Å². The molecule has 15 heavy (non-hydrogen) atoms. The number of hydrogen-bond donors (Lipinski definition) is 1. The van der Waals surface area contributed by atoms with Gasteiger partial charge in [0.1, 0.15) is 0 Å². The lowest BCUT2D eigenvalue weighted by atomic mass is 10.0. The van der Waals surface area contributed by atoms with E-state index in [1.807, 2.05) is 10.3 Å². The lowest BCUT2D eigenvalue weighted by Gasteiger charge is -2.25. The molecular weight excluding hydrogens is 208 g/mol. The molecule has 1 amide bonds. The van der Waals surface area contributed by atoms with E-state index in [0.717, 1.165) is 13.0 Å². The Morgan fingerprint density at radius 3 is 3.07 bits per heavy atom. The maximum absolute atomic E-state index is 11.7. The van der Waals surface area contributed by atoms with E-state index in [9.17, 15) is 4.79 Å². The summed E-state index contributed by atoms with van der Waals surface area (Å²) >= 11 is 1.66. The van der Waals surface area contributed by atoms with Crippen molar-refractivity contribution in [1.29, 1.82) is 0 Å². The van der Waals surface area contributed by atoms with Crippen molar-refractivity contribution in [3.63, 3.8) is 0 Å². The minimum atomic E-state index is -0.0429. The van der Waals surface area contributed by atoms with Crippen LogP contribution in [0.5, 0.6) is 0 Å². The largest absolute Gasteiger partial charge is 0.334 e. The van der Waals surface area contributed by atoms with Crippen LogP contribution in [-0.2, 0) is 4.79 Å². The quantitative estimate of drug-likeness (QED) is 0.850. The number of nitrogens with two attached hydrogens (primary N) is 1. The molecule has 0 saturated carbocycles. The van der Waals surface area contributed by atoms with Crippen LogP contribution in [0.4, 0.5) is 0 Å². The van der Waals surface area contributed by atoms with Crippen molar-refractivity contribution in [3.05, 3.63) is 22.4 Å². The number of nitrogens with zero attached hydrogens (tertiary/aromatic N) is 1. The number of rotatable bonds is 3. The molecule has 0 aliphatic carbocycles. The monoisotopic (exact) mass is 224 g/mol. The minimum absolute atomic E-state index is 0.0429. The van der Waals surface area contributed by atoms with Crippen molar-refractivity contribution in [2.45, 2.75) is 31.8 Å². The van der Waals surface area contributed by atoms with Crippen molar-refractivity contribution >= 4 is 17.2 Å². The average Bonchev–Trinajstić information content (AvgIpc) is 2.77. The average molecular weight is 224 g/mol. The summed E-state index contributed by atoms with van der Waals surface area (Å²) in [6.07, 6.45) is 1.47. The smallest absolute Gasteiger partial charge is 0.224 e. The molecule has 0 aromatic carbocycles. The van der Waals surface area contributed by atoms with Crippen LogP contribution in [0.25, 0.3) is 0 Å². The van der Waals surface area contributed by atoms with Gasteiger partial charge in [-0.3, -0.25) is 4.79 Å². The van der Waals surface area contributed by atoms with Crippen molar-refractivity contribution < 1.29 is 4.79 Å². The van der Waals surface area contributed by atoms with Crippen molar-refractivity contribution in [1.82, 2.24) is 4.90 Å². The zero-order valence-corrected chi connectivity index (χ0v) is 9.67. The standard InChI is InChI=1S/C11H16N2OS/c1-2-4-13-10(14)6-9(12)11(13)8-3-5-15-7-8/h3,5,7,9,11H,2,4,6,12H2,1H3. The molecule has 3 nitrogen and oxygen atoms in total. The molecule has 2 unspecified atom stereocenters. The van der Waals surface area contributed by atoms with Gasteiger partial charge in [0.2, 0.25) is 5.91 Å². The van der Waals surface area contributed by atoms with E-state index in [0.29, 0.717) is 6.42 Å². The number of likely N-dealkylation sites (tertiary alicyclic amines) is 1. The number of carbonyl (C=O) groups is 1. The summed E-state index contributed by atoms with van der Waals surface area (Å²) in [7, 11) is 0. The minimum Gasteiger partial charge on any atom is -0.334 e. The van der Waals surface area contributed by atoms with Gasteiger partial charge in [0.25, 0.3) is 0 Å². The highest BCUT2D eigenvalue weighted by Gasteiger charge is 2.37. The Morgan fingerprint density at radius 1 is 1.67 bits per heavy atom. The number of amides is 1. The van der Waals surface area contributed by atoms with Crippen molar-refractivity contribution in [2.75, 3.05) is 6.54 Å². The van der Waals surface area contributed by atoms with Gasteiger partial charge in [0, 0.05) is 19.0 Å². The Kier molecular flexibility index (Phi) is 3.07. The van der Waals surface area contributed by atoms with Gasteiger partial charge in [-0.05, 0) is 28.8 Å². The van der Waals surface area contributed by atoms with Gasteiger partial charge in [-0.2, -0.15) is 11.3 Å². The topological polar surface area (TPSA) is 46.3 Å². The van der Waals surface area contributed by atoms with Gasteiger partial charge in [-0.15, -0.1) is 0 Å². The van der Waals surface area contributed by atoms with Gasteiger partial charge >= 0.3 is 0 Å². The van der Waals surface area contributed by atoms with E-state index in [-0.39, 0.29) is 18.0 Å². The molecule has 2 rings (SSSR count). The summed E-state index contributed by atoms with van der Waals surface area (Å²) in [5.41, 5.74) is 7.21. The molecule has 0 radical (unpaired) electrons. The Hall–Kier alpha value is -0.870. The van der Waals surface area contributed by atoms with E-state index in [1.54, 1.807) is 11.3 Å². The summed E-state index contributed by atoms with van der Waals surface area (Å²) < 4.78 is 0. The molecule has 1 fully saturated rings. The summed E-state index contributed by atoms with van der Waals surface area (Å²) in [6, 6.07) is 2.12. The molecular formula is C11H16N2OS. The number of thiophene rings is 1. The molecule has 2 atom stereocenters. The Bertz CT molecular complexity index is 336. The van der Waals surface area contributed by atoms with Crippen LogP contribution < -0.4 is 5.73 Å². The molecule has 1 aromatic heterocycles. The second-order valence-electron chi connectivity index (χ2n) is 3.96. The van der Waals surface area contributed by atoms with Crippen LogP contribution in [0.15, 0.2) is 16.8 Å². The van der Waals surface area contributed by atoms with E-state index >= 15 is 0 Å². The van der Waals surface area contributed by atoms with Crippen LogP contribution in [0.2, 0.25) is 0 Å². The third-order valence-corrected chi connectivity index (χ3v) is 3.52. The maximum atomic E-state index is 11.7. The lowest BCUT2D eigenvalue weighted by molar-refractivity contribution is -0.129. The summed E-state index contributed by atoms with van der Waals surface area (Å²) in [5.74, 6) is 0.195. The predicted octanol–water partition coefficient (Wildman–Crippen LogP) is 1.76. The molecule has 1 aliphatic rings. The van der Waals surface area contributed by atoms with Gasteiger partial charge in [0.05, 0.1) is 6.04 Å². The van der Waals surface area contributed by atoms with Gasteiger partial charge < -0.3 is 10.6 Å². The highest BCUT2D eigenvalue weighted by Crippen LogP contribution is 2.33. The normalized spacial score (nSPS) is 26.3. The molecule has 0 bridgehead atoms. The molecule has 2 heterocycles. The third-order valence-electron chi connectivity index (χ3n) is 2.82. The van der Waals surface area contributed by atoms with E-state index in [2.05, 4.69) is 18.4 Å². The summed E-state index contributed by atoms with van der Waals surface area (Å²) in [4.78, 5) is 13.7. The first-order valence-corrected chi connectivity index (χ1v) is 6.25. The molecule has 1 aromatic rings. The van der Waals surface area contributed by atoms with Crippen LogP contribution >= 0.6 is 11.3 Å². The van der Waals surface area contributed by atoms with Gasteiger partial charge in [0.15, 0.2) is 0 Å². The van der Waals surface area contributed by atoms with E-state index in [4.69, 9.17) is 5.73 Å². The molecule has 2 N–H and O–H groups in total. The van der Waals surface area contributed by atoms with Gasteiger partial charge in [-0.25, -0.2) is 0 Å². The first-order chi connectivity index (χ1) is 7.24. The summed E-state index contributed by atoms with van der Waals surface area (Å²) in [6.45, 7) is 2.90. The van der Waals surface area contributed by atoms with Crippen LogP contribution in [0.3, 0.4) is 0 Å². The zero-order chi connectivity index (χ0) is 10.8. The number of hydrogen-bond acceptors (Lipinski definition) is 3. The van der Waals surface area contributed by atoms with Crippen molar-refractivity contribution in [2.24, 2.45) is 5.73 Å². The van der Waals surface area contributed by atoms with Crippen LogP contribution in [0.1, 0.15) is 31.4 Å². The maximum Gasteiger partial charge on any atom is 0.224 e. The fourth-order valence-electron chi connectivity index (χ4n) is 2.19. The highest BCUT2D eigenvalue weighted by molar-refractivity contribution is 7.08. The number of carbonyl (C=O) groups excluding carboxylic acids is 1. The third kappa shape index (κ3) is 1.92. The fraction of sp³-hybridized carbons (Fsp3) is 0.545. The fourth-order valence-corrected chi connectivity index (χ4v) is 2.88. The second-order valence-corrected chi connectivity index (χ2v) is 4.74. The Labute approximate surface area is 93.9 Å². The SMILES string of the molecule is CCCN1C(=O)CC(N)C1c1ccsc1. The van der Waals surface area contributed by atoms with E-state index < -0.39 is 0 Å². The first-order valence-electron chi connectivity index (χ1n) is 5.31. The zero-order valence-electron chi connectivity index (χ0n) is 8.85. The second kappa shape index (κ2) is 4.33. The lowest BCUT2D eigenvalue weighted by Crippen LogP contribution is -2.33. The van der Waals surface area contributed by atoms with Crippen LogP contribution in [-0.4, -0.2) is 23.4 Å². The summed E-state index contributed by atoms with van der Waals surface area (Å²) in [5, 5.41) is 4.13. The van der Waals surface area contributed by atoms with Crippen LogP contribution in [0, 0.1) is 0 Å². The van der Waals surface area contributed by atoms with E-state index in [1.165, 1.54) is 5.56 Å². The highest BCUT2D eigenvalue weighted by atomic mass is 32.1. The molecule has 4 heteroatoms. The molecule has 1 aliphatic heterocycles. The molecule has 1 saturated heterocycles. The molecule has 82 valence electrons. The first kappa shape index (κ1) is 10.6. The Morgan fingerprint density at radius 2 is 2.47 bits per heavy atom. The Balaban J connectivity index is 2.23. The van der Waals surface area contributed by atoms with Crippen molar-refractivity contribution in [3.8, 4) is 0 Å².